The monoisotopic (exact) mass is 432 g/mol. The normalized spacial score (nSPS) is 10.5. The summed E-state index contributed by atoms with van der Waals surface area (Å²) in [6.45, 7) is 4.88. The molecule has 0 aliphatic carbocycles. The van der Waals surface area contributed by atoms with Crippen molar-refractivity contribution in [2.45, 2.75) is 26.8 Å². The number of hydrogen-bond acceptors (Lipinski definition) is 3. The van der Waals surface area contributed by atoms with E-state index in [9.17, 15) is 14.7 Å². The first-order chi connectivity index (χ1) is 15.4. The van der Waals surface area contributed by atoms with Crippen molar-refractivity contribution in [1.29, 1.82) is 0 Å². The second-order valence-corrected chi connectivity index (χ2v) is 7.58. The number of hydrogen-bond donors (Lipinski definition) is 2. The van der Waals surface area contributed by atoms with Crippen LogP contribution in [0, 0.1) is 6.92 Å². The lowest BCUT2D eigenvalue weighted by atomic mass is 9.94. The number of para-hydroxylation sites is 1. The molecule has 0 unspecified atom stereocenters. The van der Waals surface area contributed by atoms with E-state index < -0.39 is 5.97 Å². The van der Waals surface area contributed by atoms with E-state index in [4.69, 9.17) is 4.74 Å². The number of anilines is 1. The number of carboxylic acid groups (broad SMARTS) is 1. The number of nitrogens with one attached hydrogen (secondary N) is 1. The van der Waals surface area contributed by atoms with Gasteiger partial charge in [-0.25, -0.2) is 4.79 Å². The van der Waals surface area contributed by atoms with Crippen LogP contribution in [0.15, 0.2) is 66.7 Å². The topological polar surface area (TPSA) is 78.9 Å². The van der Waals surface area contributed by atoms with Crippen molar-refractivity contribution < 1.29 is 19.4 Å². The number of rotatable bonds is 8. The fraction of sp³-hybridized carbons (Fsp3) is 0.231. The molecule has 6 nitrogen and oxygen atoms in total. The molecule has 0 aliphatic heterocycles. The third-order valence-corrected chi connectivity index (χ3v) is 5.23. The fourth-order valence-corrected chi connectivity index (χ4v) is 3.62. The molecule has 3 aromatic carbocycles. The van der Waals surface area contributed by atoms with Gasteiger partial charge in [0, 0.05) is 24.3 Å². The van der Waals surface area contributed by atoms with Gasteiger partial charge in [-0.3, -0.25) is 4.79 Å². The Bertz CT molecular complexity index is 1100. The predicted octanol–water partition coefficient (Wildman–Crippen LogP) is 5.35. The standard InChI is InChI=1S/C26H28N2O4/c1-4-28(26(31)27-21-8-6-5-7-9-21)17-20-14-18(2)10-12-22(20)23-15-19(16-25(29)30)11-13-24(23)32-3/h5-15H,4,16-17H2,1-3H3,(H,27,31)(H,29,30). The van der Waals surface area contributed by atoms with Crippen LogP contribution in [0.1, 0.15) is 23.6 Å². The number of nitrogens with zero attached hydrogens (tertiary/aromatic N) is 1. The summed E-state index contributed by atoms with van der Waals surface area (Å²) in [5.74, 6) is -0.235. The van der Waals surface area contributed by atoms with Crippen LogP contribution in [-0.4, -0.2) is 35.7 Å². The van der Waals surface area contributed by atoms with Crippen LogP contribution in [0.5, 0.6) is 5.75 Å². The molecule has 166 valence electrons. The van der Waals surface area contributed by atoms with E-state index in [-0.39, 0.29) is 12.5 Å². The van der Waals surface area contributed by atoms with E-state index in [1.54, 1.807) is 24.1 Å². The van der Waals surface area contributed by atoms with E-state index >= 15 is 0 Å². The van der Waals surface area contributed by atoms with E-state index in [0.29, 0.717) is 24.4 Å². The molecule has 0 saturated heterocycles. The molecule has 3 rings (SSSR count). The van der Waals surface area contributed by atoms with Crippen molar-refractivity contribution >= 4 is 17.7 Å². The number of aryl methyl sites for hydroxylation is 1. The van der Waals surface area contributed by atoms with Gasteiger partial charge in [-0.05, 0) is 54.8 Å². The highest BCUT2D eigenvalue weighted by molar-refractivity contribution is 5.89. The average Bonchev–Trinajstić information content (AvgIpc) is 2.77. The Kier molecular flexibility index (Phi) is 7.49. The third-order valence-electron chi connectivity index (χ3n) is 5.23. The molecule has 0 radical (unpaired) electrons. The highest BCUT2D eigenvalue weighted by Gasteiger charge is 2.18. The van der Waals surface area contributed by atoms with Gasteiger partial charge in [0.15, 0.2) is 0 Å². The molecule has 0 spiro atoms. The van der Waals surface area contributed by atoms with Crippen LogP contribution in [-0.2, 0) is 17.8 Å². The lowest BCUT2D eigenvalue weighted by Crippen LogP contribution is -2.34. The molecule has 0 atom stereocenters. The molecule has 2 amide bonds. The number of carboxylic acids is 1. The van der Waals surface area contributed by atoms with Crippen LogP contribution in [0.4, 0.5) is 10.5 Å². The Labute approximate surface area is 188 Å². The maximum absolute atomic E-state index is 12.9. The molecule has 6 heteroatoms. The number of aliphatic carboxylic acids is 1. The molecular weight excluding hydrogens is 404 g/mol. The predicted molar refractivity (Wildman–Crippen MR) is 126 cm³/mol. The molecule has 32 heavy (non-hydrogen) atoms. The maximum Gasteiger partial charge on any atom is 0.322 e. The second kappa shape index (κ2) is 10.5. The zero-order chi connectivity index (χ0) is 23.1. The first-order valence-corrected chi connectivity index (χ1v) is 10.5. The Morgan fingerprint density at radius 1 is 1.00 bits per heavy atom. The van der Waals surface area contributed by atoms with Crippen LogP contribution in [0.3, 0.4) is 0 Å². The number of ether oxygens (including phenoxy) is 1. The van der Waals surface area contributed by atoms with Crippen LogP contribution in [0.25, 0.3) is 11.1 Å². The molecule has 0 heterocycles. The summed E-state index contributed by atoms with van der Waals surface area (Å²) in [6.07, 6.45) is -0.0707. The molecule has 0 aliphatic rings. The minimum absolute atomic E-state index is 0.0707. The summed E-state index contributed by atoms with van der Waals surface area (Å²) in [5.41, 5.74) is 5.17. The first kappa shape index (κ1) is 22.9. The summed E-state index contributed by atoms with van der Waals surface area (Å²) >= 11 is 0. The number of carbonyl (C=O) groups excluding carboxylic acids is 1. The van der Waals surface area contributed by atoms with Gasteiger partial charge in [0.1, 0.15) is 5.75 Å². The van der Waals surface area contributed by atoms with Crippen molar-refractivity contribution in [3.8, 4) is 16.9 Å². The highest BCUT2D eigenvalue weighted by atomic mass is 16.5. The molecule has 2 N–H and O–H groups in total. The quantitative estimate of drug-likeness (QED) is 0.503. The number of urea groups is 1. The van der Waals surface area contributed by atoms with E-state index in [2.05, 4.69) is 11.4 Å². The Balaban J connectivity index is 1.96. The van der Waals surface area contributed by atoms with E-state index in [1.807, 2.05) is 62.4 Å². The number of carbonyl (C=O) groups is 2. The fourth-order valence-electron chi connectivity index (χ4n) is 3.62. The van der Waals surface area contributed by atoms with Crippen molar-refractivity contribution in [3.05, 3.63) is 83.4 Å². The van der Waals surface area contributed by atoms with Gasteiger partial charge in [0.25, 0.3) is 0 Å². The summed E-state index contributed by atoms with van der Waals surface area (Å²) in [7, 11) is 1.59. The maximum atomic E-state index is 12.9. The van der Waals surface area contributed by atoms with Crippen LogP contribution < -0.4 is 10.1 Å². The minimum atomic E-state index is -0.889. The largest absolute Gasteiger partial charge is 0.496 e. The molecular formula is C26H28N2O4. The molecule has 0 aromatic heterocycles. The lowest BCUT2D eigenvalue weighted by Gasteiger charge is -2.24. The average molecular weight is 433 g/mol. The SMILES string of the molecule is CCN(Cc1cc(C)ccc1-c1cc(CC(=O)O)ccc1OC)C(=O)Nc1ccccc1. The lowest BCUT2D eigenvalue weighted by molar-refractivity contribution is -0.136. The molecule has 3 aromatic rings. The van der Waals surface area contributed by atoms with Crippen molar-refractivity contribution in [3.63, 3.8) is 0 Å². The Morgan fingerprint density at radius 2 is 1.75 bits per heavy atom. The highest BCUT2D eigenvalue weighted by Crippen LogP contribution is 2.34. The van der Waals surface area contributed by atoms with Gasteiger partial charge in [-0.1, -0.05) is 48.0 Å². The Morgan fingerprint density at radius 3 is 2.41 bits per heavy atom. The van der Waals surface area contributed by atoms with E-state index in [0.717, 1.165) is 27.9 Å². The molecule has 0 bridgehead atoms. The Hall–Kier alpha value is -3.80. The summed E-state index contributed by atoms with van der Waals surface area (Å²) < 4.78 is 5.56. The van der Waals surface area contributed by atoms with Crippen molar-refractivity contribution in [2.75, 3.05) is 19.0 Å². The molecule has 0 fully saturated rings. The van der Waals surface area contributed by atoms with Crippen LogP contribution in [0.2, 0.25) is 0 Å². The van der Waals surface area contributed by atoms with Gasteiger partial charge < -0.3 is 20.1 Å². The minimum Gasteiger partial charge on any atom is -0.496 e. The summed E-state index contributed by atoms with van der Waals surface area (Å²) in [4.78, 5) is 25.8. The van der Waals surface area contributed by atoms with Gasteiger partial charge in [-0.2, -0.15) is 0 Å². The smallest absolute Gasteiger partial charge is 0.322 e. The van der Waals surface area contributed by atoms with Gasteiger partial charge in [0.05, 0.1) is 13.5 Å². The van der Waals surface area contributed by atoms with Crippen molar-refractivity contribution in [1.82, 2.24) is 4.90 Å². The number of benzene rings is 3. The van der Waals surface area contributed by atoms with Gasteiger partial charge in [-0.15, -0.1) is 0 Å². The zero-order valence-electron chi connectivity index (χ0n) is 18.6. The first-order valence-electron chi connectivity index (χ1n) is 10.5. The van der Waals surface area contributed by atoms with E-state index in [1.165, 1.54) is 0 Å². The summed E-state index contributed by atoms with van der Waals surface area (Å²) in [6, 6.07) is 20.6. The van der Waals surface area contributed by atoms with Gasteiger partial charge >= 0.3 is 12.0 Å². The number of methoxy groups -OCH3 is 1. The van der Waals surface area contributed by atoms with Crippen LogP contribution >= 0.6 is 0 Å². The van der Waals surface area contributed by atoms with Gasteiger partial charge in [0.2, 0.25) is 0 Å². The second-order valence-electron chi connectivity index (χ2n) is 7.58. The van der Waals surface area contributed by atoms with Crippen molar-refractivity contribution in [2.24, 2.45) is 0 Å². The molecule has 0 saturated carbocycles. The third kappa shape index (κ3) is 5.66. The number of amides is 2. The zero-order valence-corrected chi connectivity index (χ0v) is 18.6. The summed E-state index contributed by atoms with van der Waals surface area (Å²) in [5, 5.41) is 12.1.